The zero-order valence-electron chi connectivity index (χ0n) is 9.99. The summed E-state index contributed by atoms with van der Waals surface area (Å²) in [5, 5.41) is 17.9. The lowest BCUT2D eigenvalue weighted by Gasteiger charge is -2.05. The number of nitrogens with one attached hydrogen (secondary N) is 1. The van der Waals surface area contributed by atoms with E-state index in [-0.39, 0.29) is 5.69 Å². The van der Waals surface area contributed by atoms with Gasteiger partial charge in [-0.3, -0.25) is 10.1 Å². The van der Waals surface area contributed by atoms with Gasteiger partial charge in [0, 0.05) is 13.2 Å². The largest absolute Gasteiger partial charge is 0.359 e. The summed E-state index contributed by atoms with van der Waals surface area (Å²) in [7, 11) is 1.66. The number of nitro groups is 1. The quantitative estimate of drug-likeness (QED) is 0.641. The van der Waals surface area contributed by atoms with Crippen LogP contribution < -0.4 is 5.32 Å². The van der Waals surface area contributed by atoms with Crippen LogP contribution in [-0.4, -0.2) is 24.7 Å². The predicted molar refractivity (Wildman–Crippen MR) is 64.0 cm³/mol. The van der Waals surface area contributed by atoms with Crippen molar-refractivity contribution in [3.63, 3.8) is 0 Å². The van der Waals surface area contributed by atoms with E-state index in [4.69, 9.17) is 0 Å². The van der Waals surface area contributed by atoms with Crippen LogP contribution >= 0.6 is 0 Å². The molecule has 2 aromatic rings. The molecule has 0 aliphatic rings. The van der Waals surface area contributed by atoms with Crippen LogP contribution in [0.25, 0.3) is 0 Å². The van der Waals surface area contributed by atoms with Gasteiger partial charge in [0.25, 0.3) is 0 Å². The van der Waals surface area contributed by atoms with Crippen LogP contribution in [0.1, 0.15) is 11.4 Å². The van der Waals surface area contributed by atoms with Crippen LogP contribution in [0.2, 0.25) is 0 Å². The van der Waals surface area contributed by atoms with E-state index in [0.717, 1.165) is 5.69 Å². The minimum absolute atomic E-state index is 0.00782. The van der Waals surface area contributed by atoms with Gasteiger partial charge in [-0.2, -0.15) is 5.10 Å². The van der Waals surface area contributed by atoms with Gasteiger partial charge in [-0.25, -0.2) is 14.6 Å². The summed E-state index contributed by atoms with van der Waals surface area (Å²) in [6.07, 6.45) is 3.05. The van der Waals surface area contributed by atoms with Crippen molar-refractivity contribution in [3.8, 4) is 0 Å². The third-order valence-electron chi connectivity index (χ3n) is 2.45. The summed E-state index contributed by atoms with van der Waals surface area (Å²) in [6, 6.07) is 1.74. The molecule has 2 aromatic heterocycles. The van der Waals surface area contributed by atoms with Crippen molar-refractivity contribution in [2.24, 2.45) is 7.05 Å². The lowest BCUT2D eigenvalue weighted by atomic mass is 10.3. The van der Waals surface area contributed by atoms with Gasteiger partial charge in [0.05, 0.1) is 17.2 Å². The first-order valence-electron chi connectivity index (χ1n) is 5.26. The Balaban J connectivity index is 2.22. The van der Waals surface area contributed by atoms with Gasteiger partial charge in [0.15, 0.2) is 0 Å². The van der Waals surface area contributed by atoms with Gasteiger partial charge < -0.3 is 5.32 Å². The highest BCUT2D eigenvalue weighted by Gasteiger charge is 2.23. The van der Waals surface area contributed by atoms with Crippen LogP contribution in [0.4, 0.5) is 11.5 Å². The molecular weight excluding hydrogens is 236 g/mol. The predicted octanol–water partition coefficient (Wildman–Crippen LogP) is 1.04. The van der Waals surface area contributed by atoms with E-state index in [2.05, 4.69) is 20.4 Å². The Morgan fingerprint density at radius 1 is 1.56 bits per heavy atom. The third-order valence-corrected chi connectivity index (χ3v) is 2.45. The highest BCUT2D eigenvalue weighted by Crippen LogP contribution is 2.27. The van der Waals surface area contributed by atoms with Gasteiger partial charge in [-0.05, 0) is 13.0 Å². The summed E-state index contributed by atoms with van der Waals surface area (Å²) in [6.45, 7) is 1.98. The monoisotopic (exact) mass is 248 g/mol. The number of aromatic nitrogens is 4. The number of aryl methyl sites for hydroxylation is 2. The minimum atomic E-state index is -0.440. The normalized spacial score (nSPS) is 10.3. The second-order valence-corrected chi connectivity index (χ2v) is 3.72. The molecule has 0 spiro atoms. The van der Waals surface area contributed by atoms with E-state index < -0.39 is 4.92 Å². The molecule has 0 aromatic carbocycles. The maximum atomic E-state index is 11.0. The average Bonchev–Trinajstić information content (AvgIpc) is 2.62. The summed E-state index contributed by atoms with van der Waals surface area (Å²) in [5.41, 5.74) is 1.12. The van der Waals surface area contributed by atoms with E-state index in [0.29, 0.717) is 18.1 Å². The SMILES string of the molecule is Cc1nn(C)c(NCc2ccncn2)c1[N+](=O)[O-]. The molecule has 0 saturated carbocycles. The molecule has 2 heterocycles. The molecule has 0 radical (unpaired) electrons. The molecule has 0 saturated heterocycles. The van der Waals surface area contributed by atoms with Crippen LogP contribution in [0.5, 0.6) is 0 Å². The summed E-state index contributed by atoms with van der Waals surface area (Å²) in [5.74, 6) is 0.371. The Bertz CT molecular complexity index is 565. The maximum Gasteiger partial charge on any atom is 0.333 e. The van der Waals surface area contributed by atoms with E-state index in [9.17, 15) is 10.1 Å². The molecular formula is C10H12N6O2. The van der Waals surface area contributed by atoms with E-state index in [1.807, 2.05) is 0 Å². The number of rotatable bonds is 4. The molecule has 0 bridgehead atoms. The van der Waals surface area contributed by atoms with Crippen LogP contribution in [0.15, 0.2) is 18.6 Å². The summed E-state index contributed by atoms with van der Waals surface area (Å²) >= 11 is 0. The Morgan fingerprint density at radius 2 is 2.33 bits per heavy atom. The van der Waals surface area contributed by atoms with Crippen molar-refractivity contribution in [2.45, 2.75) is 13.5 Å². The Labute approximate surface area is 103 Å². The Kier molecular flexibility index (Phi) is 3.18. The maximum absolute atomic E-state index is 11.0. The molecule has 0 atom stereocenters. The topological polar surface area (TPSA) is 98.8 Å². The van der Waals surface area contributed by atoms with Crippen molar-refractivity contribution < 1.29 is 4.92 Å². The van der Waals surface area contributed by atoms with Crippen LogP contribution in [-0.2, 0) is 13.6 Å². The van der Waals surface area contributed by atoms with Crippen molar-refractivity contribution in [1.29, 1.82) is 0 Å². The smallest absolute Gasteiger partial charge is 0.333 e. The highest BCUT2D eigenvalue weighted by atomic mass is 16.6. The molecule has 0 aliphatic heterocycles. The first-order chi connectivity index (χ1) is 8.59. The van der Waals surface area contributed by atoms with Crippen LogP contribution in [0.3, 0.4) is 0 Å². The lowest BCUT2D eigenvalue weighted by Crippen LogP contribution is -2.07. The minimum Gasteiger partial charge on any atom is -0.359 e. The molecule has 0 fully saturated rings. The Hall–Kier alpha value is -2.51. The summed E-state index contributed by atoms with van der Waals surface area (Å²) in [4.78, 5) is 18.3. The van der Waals surface area contributed by atoms with E-state index in [1.165, 1.54) is 11.0 Å². The highest BCUT2D eigenvalue weighted by molar-refractivity contribution is 5.59. The van der Waals surface area contributed by atoms with Gasteiger partial charge in [-0.1, -0.05) is 0 Å². The fourth-order valence-corrected chi connectivity index (χ4v) is 1.66. The fourth-order valence-electron chi connectivity index (χ4n) is 1.66. The first kappa shape index (κ1) is 12.0. The van der Waals surface area contributed by atoms with Gasteiger partial charge >= 0.3 is 5.69 Å². The second kappa shape index (κ2) is 4.78. The van der Waals surface area contributed by atoms with Gasteiger partial charge in [0.2, 0.25) is 5.82 Å². The van der Waals surface area contributed by atoms with Crippen molar-refractivity contribution in [3.05, 3.63) is 40.1 Å². The molecule has 94 valence electrons. The Morgan fingerprint density at radius 3 is 2.94 bits per heavy atom. The molecule has 8 nitrogen and oxygen atoms in total. The molecule has 0 aliphatic carbocycles. The average molecular weight is 248 g/mol. The lowest BCUT2D eigenvalue weighted by molar-refractivity contribution is -0.384. The molecule has 0 amide bonds. The van der Waals surface area contributed by atoms with Gasteiger partial charge in [0.1, 0.15) is 12.0 Å². The van der Waals surface area contributed by atoms with Crippen molar-refractivity contribution in [2.75, 3.05) is 5.32 Å². The number of anilines is 1. The van der Waals surface area contributed by atoms with Gasteiger partial charge in [-0.15, -0.1) is 0 Å². The van der Waals surface area contributed by atoms with Crippen molar-refractivity contribution in [1.82, 2.24) is 19.7 Å². The second-order valence-electron chi connectivity index (χ2n) is 3.72. The first-order valence-corrected chi connectivity index (χ1v) is 5.26. The molecule has 2 rings (SSSR count). The number of hydrogen-bond donors (Lipinski definition) is 1. The molecule has 18 heavy (non-hydrogen) atoms. The zero-order chi connectivity index (χ0) is 13.1. The van der Waals surface area contributed by atoms with E-state index in [1.54, 1.807) is 26.2 Å². The van der Waals surface area contributed by atoms with Crippen molar-refractivity contribution >= 4 is 11.5 Å². The molecule has 8 heteroatoms. The van der Waals surface area contributed by atoms with E-state index >= 15 is 0 Å². The molecule has 0 unspecified atom stereocenters. The van der Waals surface area contributed by atoms with Crippen LogP contribution in [0, 0.1) is 17.0 Å². The molecule has 1 N–H and O–H groups in total. The number of nitrogens with zero attached hydrogens (tertiary/aromatic N) is 5. The standard InChI is InChI=1S/C10H12N6O2/c1-7-9(16(17)18)10(15(2)14-7)12-5-8-3-4-11-6-13-8/h3-4,6,12H,5H2,1-2H3. The third kappa shape index (κ3) is 2.26. The zero-order valence-corrected chi connectivity index (χ0v) is 9.99. The summed E-state index contributed by atoms with van der Waals surface area (Å²) < 4.78 is 1.45. The fraction of sp³-hybridized carbons (Fsp3) is 0.300. The number of hydrogen-bond acceptors (Lipinski definition) is 6.